The van der Waals surface area contributed by atoms with Crippen molar-refractivity contribution in [2.45, 2.75) is 97.0 Å². The van der Waals surface area contributed by atoms with E-state index in [0.717, 1.165) is 31.6 Å². The predicted molar refractivity (Wildman–Crippen MR) is 147 cm³/mol. The Labute approximate surface area is 207 Å². The first-order valence-electron chi connectivity index (χ1n) is 13.6. The molecule has 0 fully saturated rings. The molecule has 0 heterocycles. The lowest BCUT2D eigenvalue weighted by atomic mass is 9.98. The van der Waals surface area contributed by atoms with E-state index in [1.807, 2.05) is 6.92 Å². The Balaban J connectivity index is 1.39. The lowest BCUT2D eigenvalue weighted by Crippen LogP contribution is -2.01. The third-order valence-corrected chi connectivity index (χ3v) is 6.71. The molecule has 0 bridgehead atoms. The molecular weight excluding hydrogens is 416 g/mol. The molecule has 0 saturated carbocycles. The highest BCUT2D eigenvalue weighted by Gasteiger charge is 2.04. The summed E-state index contributed by atoms with van der Waals surface area (Å²) in [5, 5.41) is 12.0. The number of rotatable bonds is 16. The summed E-state index contributed by atoms with van der Waals surface area (Å²) in [6, 6.07) is 21.8. The van der Waals surface area contributed by atoms with E-state index in [1.54, 1.807) is 0 Å². The zero-order valence-electron chi connectivity index (χ0n) is 21.4. The Morgan fingerprint density at radius 2 is 1.26 bits per heavy atom. The number of unbranched alkanes of at least 4 members (excludes halogenated alkanes) is 9. The number of fused-ring (bicyclic) bond motifs is 1. The van der Waals surface area contributed by atoms with Gasteiger partial charge in [0, 0.05) is 0 Å². The summed E-state index contributed by atoms with van der Waals surface area (Å²) in [6.45, 7) is 4.93. The van der Waals surface area contributed by atoms with E-state index in [1.165, 1.54) is 85.3 Å². The van der Waals surface area contributed by atoms with Crippen LogP contribution in [0.4, 0.5) is 0 Å². The largest absolute Gasteiger partial charge is 0.494 e. The van der Waals surface area contributed by atoms with Crippen LogP contribution in [0.3, 0.4) is 0 Å². The molecule has 1 N–H and O–H groups in total. The quantitative estimate of drug-likeness (QED) is 0.216. The first kappa shape index (κ1) is 26.3. The van der Waals surface area contributed by atoms with Gasteiger partial charge in [-0.1, -0.05) is 107 Å². The standard InChI is InChI=1S/C32H44O2/c1-3-4-5-6-7-8-9-10-11-12-23-34-32-21-19-28(20-22-32)30-18-17-29-24-27(14-13-26(2)33)15-16-31(29)25-30/h15-22,24-26,33H,3-14,23H2,1-2H3. The van der Waals surface area contributed by atoms with E-state index in [9.17, 15) is 5.11 Å². The second-order valence-electron chi connectivity index (χ2n) is 9.84. The Hall–Kier alpha value is -2.32. The minimum atomic E-state index is -0.250. The topological polar surface area (TPSA) is 29.5 Å². The van der Waals surface area contributed by atoms with Crippen LogP contribution in [0.5, 0.6) is 5.75 Å². The molecule has 0 amide bonds. The average molecular weight is 461 g/mol. The summed E-state index contributed by atoms with van der Waals surface area (Å²) in [7, 11) is 0. The van der Waals surface area contributed by atoms with Gasteiger partial charge in [0.2, 0.25) is 0 Å². The molecule has 0 radical (unpaired) electrons. The van der Waals surface area contributed by atoms with Crippen molar-refractivity contribution in [3.8, 4) is 16.9 Å². The summed E-state index contributed by atoms with van der Waals surface area (Å²) < 4.78 is 5.97. The van der Waals surface area contributed by atoms with Crippen molar-refractivity contribution in [2.75, 3.05) is 6.61 Å². The van der Waals surface area contributed by atoms with Crippen LogP contribution in [0.25, 0.3) is 21.9 Å². The third-order valence-electron chi connectivity index (χ3n) is 6.71. The summed E-state index contributed by atoms with van der Waals surface area (Å²) in [4.78, 5) is 0. The second kappa shape index (κ2) is 14.8. The highest BCUT2D eigenvalue weighted by molar-refractivity contribution is 5.87. The fourth-order valence-corrected chi connectivity index (χ4v) is 4.53. The SMILES string of the molecule is CCCCCCCCCCCCOc1ccc(-c2ccc3cc(CCC(C)O)ccc3c2)cc1. The van der Waals surface area contributed by atoms with Gasteiger partial charge in [-0.2, -0.15) is 0 Å². The molecule has 0 spiro atoms. The van der Waals surface area contributed by atoms with Crippen LogP contribution in [0.2, 0.25) is 0 Å². The highest BCUT2D eigenvalue weighted by atomic mass is 16.5. The fraction of sp³-hybridized carbons (Fsp3) is 0.500. The van der Waals surface area contributed by atoms with Crippen molar-refractivity contribution in [2.24, 2.45) is 0 Å². The van der Waals surface area contributed by atoms with Crippen LogP contribution >= 0.6 is 0 Å². The molecule has 0 aromatic heterocycles. The van der Waals surface area contributed by atoms with Gasteiger partial charge in [-0.25, -0.2) is 0 Å². The fourth-order valence-electron chi connectivity index (χ4n) is 4.53. The van der Waals surface area contributed by atoms with Gasteiger partial charge >= 0.3 is 0 Å². The van der Waals surface area contributed by atoms with Gasteiger partial charge in [0.15, 0.2) is 0 Å². The molecular formula is C32H44O2. The number of hydrogen-bond acceptors (Lipinski definition) is 2. The van der Waals surface area contributed by atoms with Crippen LogP contribution in [0.15, 0.2) is 60.7 Å². The maximum atomic E-state index is 9.53. The Morgan fingerprint density at radius 1 is 0.676 bits per heavy atom. The molecule has 3 aromatic carbocycles. The lowest BCUT2D eigenvalue weighted by Gasteiger charge is -2.09. The van der Waals surface area contributed by atoms with Crippen LogP contribution in [-0.2, 0) is 6.42 Å². The number of hydrogen-bond donors (Lipinski definition) is 1. The van der Waals surface area contributed by atoms with Crippen LogP contribution < -0.4 is 4.74 Å². The smallest absolute Gasteiger partial charge is 0.119 e. The van der Waals surface area contributed by atoms with Crippen molar-refractivity contribution in [1.29, 1.82) is 0 Å². The first-order valence-corrected chi connectivity index (χ1v) is 13.6. The summed E-state index contributed by atoms with van der Waals surface area (Å²) in [5.74, 6) is 0.961. The maximum absolute atomic E-state index is 9.53. The van der Waals surface area contributed by atoms with E-state index < -0.39 is 0 Å². The van der Waals surface area contributed by atoms with E-state index >= 15 is 0 Å². The zero-order chi connectivity index (χ0) is 24.0. The average Bonchev–Trinajstić information content (AvgIpc) is 2.86. The number of ether oxygens (including phenoxy) is 1. The molecule has 3 aromatic rings. The molecule has 0 aliphatic heterocycles. The molecule has 34 heavy (non-hydrogen) atoms. The highest BCUT2D eigenvalue weighted by Crippen LogP contribution is 2.27. The Bertz CT molecular complexity index is 958. The van der Waals surface area contributed by atoms with E-state index in [0.29, 0.717) is 0 Å². The Kier molecular flexibility index (Phi) is 11.5. The van der Waals surface area contributed by atoms with Crippen LogP contribution in [-0.4, -0.2) is 17.8 Å². The second-order valence-corrected chi connectivity index (χ2v) is 9.84. The molecule has 2 nitrogen and oxygen atoms in total. The predicted octanol–water partition coefficient (Wildman–Crippen LogP) is 9.12. The van der Waals surface area contributed by atoms with Gasteiger partial charge in [-0.05, 0) is 71.8 Å². The first-order chi connectivity index (χ1) is 16.7. The van der Waals surface area contributed by atoms with Crippen LogP contribution in [0.1, 0.15) is 90.0 Å². The summed E-state index contributed by atoms with van der Waals surface area (Å²) in [6.07, 6.45) is 14.9. The van der Waals surface area contributed by atoms with Gasteiger partial charge < -0.3 is 9.84 Å². The molecule has 0 aliphatic rings. The van der Waals surface area contributed by atoms with E-state index in [2.05, 4.69) is 67.6 Å². The number of aliphatic hydroxyl groups is 1. The molecule has 1 atom stereocenters. The third kappa shape index (κ3) is 9.14. The van der Waals surface area contributed by atoms with Gasteiger partial charge in [0.1, 0.15) is 5.75 Å². The molecule has 3 rings (SSSR count). The number of aliphatic hydroxyl groups excluding tert-OH is 1. The summed E-state index contributed by atoms with van der Waals surface area (Å²) >= 11 is 0. The lowest BCUT2D eigenvalue weighted by molar-refractivity contribution is 0.185. The Morgan fingerprint density at radius 3 is 1.94 bits per heavy atom. The monoisotopic (exact) mass is 460 g/mol. The van der Waals surface area contributed by atoms with Gasteiger partial charge in [0.05, 0.1) is 12.7 Å². The van der Waals surface area contributed by atoms with E-state index in [4.69, 9.17) is 4.74 Å². The van der Waals surface area contributed by atoms with Crippen molar-refractivity contribution >= 4 is 10.8 Å². The zero-order valence-corrected chi connectivity index (χ0v) is 21.4. The van der Waals surface area contributed by atoms with Gasteiger partial charge in [-0.15, -0.1) is 0 Å². The minimum absolute atomic E-state index is 0.250. The molecule has 2 heteroatoms. The van der Waals surface area contributed by atoms with E-state index in [-0.39, 0.29) is 6.10 Å². The minimum Gasteiger partial charge on any atom is -0.494 e. The molecule has 1 unspecified atom stereocenters. The number of aryl methyl sites for hydroxylation is 1. The molecule has 0 aliphatic carbocycles. The maximum Gasteiger partial charge on any atom is 0.119 e. The normalized spacial score (nSPS) is 12.2. The van der Waals surface area contributed by atoms with Crippen LogP contribution in [0, 0.1) is 0 Å². The van der Waals surface area contributed by atoms with Gasteiger partial charge in [-0.3, -0.25) is 0 Å². The van der Waals surface area contributed by atoms with Crippen molar-refractivity contribution in [3.63, 3.8) is 0 Å². The number of benzene rings is 3. The summed E-state index contributed by atoms with van der Waals surface area (Å²) in [5.41, 5.74) is 3.72. The molecule has 184 valence electrons. The van der Waals surface area contributed by atoms with Crippen molar-refractivity contribution < 1.29 is 9.84 Å². The molecule has 0 saturated heterocycles. The van der Waals surface area contributed by atoms with Crippen molar-refractivity contribution in [1.82, 2.24) is 0 Å². The van der Waals surface area contributed by atoms with Crippen molar-refractivity contribution in [3.05, 3.63) is 66.2 Å². The van der Waals surface area contributed by atoms with Gasteiger partial charge in [0.25, 0.3) is 0 Å².